The fourth-order valence-corrected chi connectivity index (χ4v) is 9.74. The van der Waals surface area contributed by atoms with Crippen LogP contribution in [-0.4, -0.2) is 15.0 Å². The maximum absolute atomic E-state index is 13.2. The first-order valence-electron chi connectivity index (χ1n) is 23.5. The Morgan fingerprint density at radius 2 is 0.786 bits per heavy atom. The molecule has 12 aromatic rings. The highest BCUT2D eigenvalue weighted by atomic mass is 16.4. The van der Waals surface area contributed by atoms with E-state index in [9.17, 15) is 9.59 Å². The Bertz CT molecular complexity index is 3900. The molecule has 334 valence electrons. The average Bonchev–Trinajstić information content (AvgIpc) is 3.42. The SMILES string of the molecule is O=c1oc2ccccc2c2ncc(CCc3cc(CCc4cnc5c(c4)c(=O)oc4ccccc45)cc(-c4ccccc4-c4cnc(-c5ccccc5)cc4-c4ccc(-c5ccccc5)cc4)c3)cc12. The van der Waals surface area contributed by atoms with E-state index in [2.05, 4.69) is 109 Å². The maximum Gasteiger partial charge on any atom is 0.345 e. The van der Waals surface area contributed by atoms with Crippen LogP contribution in [0.3, 0.4) is 0 Å². The molecule has 7 nitrogen and oxygen atoms in total. The molecule has 5 heterocycles. The number of nitrogens with zero attached hydrogens (tertiary/aromatic N) is 3. The van der Waals surface area contributed by atoms with Gasteiger partial charge in [-0.05, 0) is 129 Å². The largest absolute Gasteiger partial charge is 0.422 e. The number of rotatable bonds is 11. The lowest BCUT2D eigenvalue weighted by Gasteiger charge is -2.18. The fraction of sp³-hybridized carbons (Fsp3) is 0.0635. The van der Waals surface area contributed by atoms with Gasteiger partial charge in [-0.2, -0.15) is 0 Å². The second-order valence-electron chi connectivity index (χ2n) is 17.8. The third-order valence-electron chi connectivity index (χ3n) is 13.3. The molecule has 0 aliphatic heterocycles. The number of para-hydroxylation sites is 2. The van der Waals surface area contributed by atoms with Gasteiger partial charge >= 0.3 is 11.3 Å². The van der Waals surface area contributed by atoms with E-state index < -0.39 is 11.3 Å². The molecule has 0 saturated carbocycles. The van der Waals surface area contributed by atoms with E-state index in [4.69, 9.17) is 23.8 Å². The summed E-state index contributed by atoms with van der Waals surface area (Å²) in [5.41, 5.74) is 16.4. The van der Waals surface area contributed by atoms with Crippen molar-refractivity contribution in [2.45, 2.75) is 25.7 Å². The summed E-state index contributed by atoms with van der Waals surface area (Å²) in [5, 5.41) is 2.58. The van der Waals surface area contributed by atoms with Crippen molar-refractivity contribution in [1.29, 1.82) is 0 Å². The minimum Gasteiger partial charge on any atom is -0.422 e. The van der Waals surface area contributed by atoms with E-state index in [1.165, 1.54) is 5.56 Å². The first-order valence-corrected chi connectivity index (χ1v) is 23.5. The summed E-state index contributed by atoms with van der Waals surface area (Å²) in [4.78, 5) is 41.1. The quantitative estimate of drug-likeness (QED) is 0.0941. The number of fused-ring (bicyclic) bond motifs is 6. The molecule has 0 fully saturated rings. The molecule has 0 aliphatic carbocycles. The molecule has 0 bridgehead atoms. The third-order valence-corrected chi connectivity index (χ3v) is 13.3. The predicted octanol–water partition coefficient (Wildman–Crippen LogP) is 14.3. The Balaban J connectivity index is 0.942. The molecular formula is C63H43N3O4. The standard InChI is InChI=1S/C63H43N3O4/c67-62-54-34-42(37-65-60(54)51-19-9-11-21-58(51)69-62)25-23-40-31-41(24-26-43-35-55-61(66-38-43)52-20-10-12-22-59(52)70-63(55)68)33-48(32-40)49-17-7-8-18-50(49)56-39-64-57(47-15-5-2-6-16-47)36-53(56)46-29-27-45(28-30-46)44-13-3-1-4-14-44/h1-22,27-39H,23-26H2. The highest BCUT2D eigenvalue weighted by Crippen LogP contribution is 2.41. The van der Waals surface area contributed by atoms with Crippen molar-refractivity contribution in [2.24, 2.45) is 0 Å². The van der Waals surface area contributed by atoms with Gasteiger partial charge in [-0.1, -0.05) is 152 Å². The van der Waals surface area contributed by atoms with Crippen LogP contribution in [0.2, 0.25) is 0 Å². The molecule has 0 N–H and O–H groups in total. The average molecular weight is 906 g/mol. The van der Waals surface area contributed by atoms with Crippen LogP contribution in [0.4, 0.5) is 0 Å². The molecule has 7 heteroatoms. The molecule has 0 aliphatic rings. The Labute approximate surface area is 403 Å². The second kappa shape index (κ2) is 18.2. The summed E-state index contributed by atoms with van der Waals surface area (Å²) < 4.78 is 11.4. The van der Waals surface area contributed by atoms with Crippen LogP contribution in [0, 0.1) is 0 Å². The number of benzene rings is 7. The number of hydrogen-bond donors (Lipinski definition) is 0. The zero-order valence-electron chi connectivity index (χ0n) is 38.0. The number of aromatic nitrogens is 3. The van der Waals surface area contributed by atoms with Crippen LogP contribution in [0.5, 0.6) is 0 Å². The van der Waals surface area contributed by atoms with Gasteiger partial charge in [0.2, 0.25) is 0 Å². The second-order valence-corrected chi connectivity index (χ2v) is 17.8. The Kier molecular flexibility index (Phi) is 11.0. The maximum atomic E-state index is 13.2. The molecule has 0 saturated heterocycles. The van der Waals surface area contributed by atoms with Crippen molar-refractivity contribution in [2.75, 3.05) is 0 Å². The number of aryl methyl sites for hydroxylation is 4. The van der Waals surface area contributed by atoms with Crippen LogP contribution >= 0.6 is 0 Å². The molecule has 5 aromatic heterocycles. The van der Waals surface area contributed by atoms with Gasteiger partial charge in [0.15, 0.2) is 0 Å². The molecule has 0 atom stereocenters. The summed E-state index contributed by atoms with van der Waals surface area (Å²) in [6.45, 7) is 0. The Morgan fingerprint density at radius 1 is 0.314 bits per heavy atom. The van der Waals surface area contributed by atoms with Crippen molar-refractivity contribution in [3.63, 3.8) is 0 Å². The Morgan fingerprint density at radius 3 is 1.37 bits per heavy atom. The summed E-state index contributed by atoms with van der Waals surface area (Å²) in [7, 11) is 0. The van der Waals surface area contributed by atoms with Gasteiger partial charge in [-0.3, -0.25) is 15.0 Å². The van der Waals surface area contributed by atoms with Crippen molar-refractivity contribution in [3.8, 4) is 55.8 Å². The molecule has 7 aromatic carbocycles. The van der Waals surface area contributed by atoms with E-state index in [-0.39, 0.29) is 0 Å². The smallest absolute Gasteiger partial charge is 0.345 e. The molecular weight excluding hydrogens is 863 g/mol. The van der Waals surface area contributed by atoms with Gasteiger partial charge in [0.05, 0.1) is 27.5 Å². The highest BCUT2D eigenvalue weighted by molar-refractivity contribution is 6.02. The Hall–Kier alpha value is -9.07. The van der Waals surface area contributed by atoms with Crippen molar-refractivity contribution < 1.29 is 8.83 Å². The molecule has 0 amide bonds. The van der Waals surface area contributed by atoms with Crippen LogP contribution in [-0.2, 0) is 25.7 Å². The zero-order valence-corrected chi connectivity index (χ0v) is 38.0. The van der Waals surface area contributed by atoms with E-state index >= 15 is 0 Å². The highest BCUT2D eigenvalue weighted by Gasteiger charge is 2.18. The van der Waals surface area contributed by atoms with E-state index in [0.717, 1.165) is 83.2 Å². The van der Waals surface area contributed by atoms with Crippen LogP contribution in [0.25, 0.3) is 99.5 Å². The lowest BCUT2D eigenvalue weighted by molar-refractivity contribution is 0.569. The topological polar surface area (TPSA) is 99.1 Å². The molecule has 0 spiro atoms. The third kappa shape index (κ3) is 8.24. The summed E-state index contributed by atoms with van der Waals surface area (Å²) in [5.74, 6) is 0. The van der Waals surface area contributed by atoms with Gasteiger partial charge in [0, 0.05) is 40.5 Å². The van der Waals surface area contributed by atoms with E-state index in [0.29, 0.717) is 58.7 Å². The van der Waals surface area contributed by atoms with Gasteiger partial charge in [0.25, 0.3) is 0 Å². The summed E-state index contributed by atoms with van der Waals surface area (Å²) in [6.07, 6.45) is 8.49. The van der Waals surface area contributed by atoms with E-state index in [1.54, 1.807) is 12.1 Å². The van der Waals surface area contributed by atoms with E-state index in [1.807, 2.05) is 91.4 Å². The molecule has 70 heavy (non-hydrogen) atoms. The monoisotopic (exact) mass is 905 g/mol. The van der Waals surface area contributed by atoms with Crippen molar-refractivity contribution in [1.82, 2.24) is 15.0 Å². The van der Waals surface area contributed by atoms with Crippen molar-refractivity contribution in [3.05, 3.63) is 256 Å². The van der Waals surface area contributed by atoms with Gasteiger partial charge in [0.1, 0.15) is 11.2 Å². The van der Waals surface area contributed by atoms with Crippen LogP contribution < -0.4 is 11.3 Å². The predicted molar refractivity (Wildman–Crippen MR) is 282 cm³/mol. The lowest BCUT2D eigenvalue weighted by Crippen LogP contribution is -2.04. The lowest BCUT2D eigenvalue weighted by atomic mass is 9.87. The number of hydrogen-bond acceptors (Lipinski definition) is 7. The first kappa shape index (κ1) is 42.3. The summed E-state index contributed by atoms with van der Waals surface area (Å²) >= 11 is 0. The van der Waals surface area contributed by atoms with Gasteiger partial charge < -0.3 is 8.83 Å². The van der Waals surface area contributed by atoms with Crippen molar-refractivity contribution >= 4 is 43.7 Å². The summed E-state index contributed by atoms with van der Waals surface area (Å²) in [6, 6.07) is 66.0. The van der Waals surface area contributed by atoms with Gasteiger partial charge in [-0.15, -0.1) is 0 Å². The minimum absolute atomic E-state index is 0.393. The molecule has 0 unspecified atom stereocenters. The fourth-order valence-electron chi connectivity index (χ4n) is 9.74. The molecule has 12 rings (SSSR count). The minimum atomic E-state index is -0.393. The van der Waals surface area contributed by atoms with Gasteiger partial charge in [-0.25, -0.2) is 9.59 Å². The number of pyridine rings is 3. The normalized spacial score (nSPS) is 11.5. The first-order chi connectivity index (χ1) is 34.5. The molecule has 0 radical (unpaired) electrons. The van der Waals surface area contributed by atoms with Crippen LogP contribution in [0.1, 0.15) is 22.3 Å². The zero-order chi connectivity index (χ0) is 47.0. The van der Waals surface area contributed by atoms with Crippen LogP contribution in [0.15, 0.2) is 231 Å².